The molecule has 2 aromatic rings. The van der Waals surface area contributed by atoms with Crippen molar-refractivity contribution in [2.75, 3.05) is 0 Å². The summed E-state index contributed by atoms with van der Waals surface area (Å²) >= 11 is 5.02. The van der Waals surface area contributed by atoms with Crippen LogP contribution in [-0.4, -0.2) is 16.2 Å². The zero-order chi connectivity index (χ0) is 11.5. The van der Waals surface area contributed by atoms with E-state index >= 15 is 0 Å². The highest BCUT2D eigenvalue weighted by Gasteiger charge is 2.19. The fourth-order valence-corrected chi connectivity index (χ4v) is 4.22. The van der Waals surface area contributed by atoms with Crippen molar-refractivity contribution < 1.29 is 0 Å². The zero-order valence-corrected chi connectivity index (χ0v) is 11.5. The first-order chi connectivity index (χ1) is 7.66. The van der Waals surface area contributed by atoms with Crippen LogP contribution in [0.3, 0.4) is 0 Å². The monoisotopic (exact) mass is 271 g/mol. The van der Waals surface area contributed by atoms with Crippen molar-refractivity contribution in [3.05, 3.63) is 27.4 Å². The van der Waals surface area contributed by atoms with E-state index in [-0.39, 0.29) is 11.3 Å². The van der Waals surface area contributed by atoms with Gasteiger partial charge in [-0.3, -0.25) is 0 Å². The largest absolute Gasteiger partial charge is 0.327 e. The van der Waals surface area contributed by atoms with Crippen LogP contribution in [0.4, 0.5) is 0 Å². The Hall–Kier alpha value is -0.430. The van der Waals surface area contributed by atoms with Gasteiger partial charge in [0.15, 0.2) is 4.34 Å². The second-order valence-corrected chi connectivity index (χ2v) is 6.89. The number of hydrogen-bond donors (Lipinski definition) is 1. The molecule has 0 aliphatic carbocycles. The number of thiophene rings is 1. The second-order valence-electron chi connectivity index (χ2n) is 3.54. The van der Waals surface area contributed by atoms with Gasteiger partial charge in [0.05, 0.1) is 5.25 Å². The molecule has 6 heteroatoms. The van der Waals surface area contributed by atoms with Crippen LogP contribution in [-0.2, 0) is 0 Å². The minimum absolute atomic E-state index is 0.101. The Kier molecular flexibility index (Phi) is 3.96. The van der Waals surface area contributed by atoms with E-state index in [0.717, 1.165) is 9.35 Å². The van der Waals surface area contributed by atoms with Crippen LogP contribution in [0.2, 0.25) is 0 Å². The number of aryl methyl sites for hydroxylation is 1. The molecule has 2 rings (SSSR count). The molecule has 0 saturated heterocycles. The number of aromatic nitrogens is 2. The van der Waals surface area contributed by atoms with E-state index in [4.69, 9.17) is 5.73 Å². The Labute approximate surface area is 107 Å². The van der Waals surface area contributed by atoms with Gasteiger partial charge in [0.1, 0.15) is 5.01 Å². The third-order valence-electron chi connectivity index (χ3n) is 2.08. The molecule has 0 aliphatic heterocycles. The van der Waals surface area contributed by atoms with Crippen LogP contribution in [0.25, 0.3) is 0 Å². The van der Waals surface area contributed by atoms with Gasteiger partial charge in [-0.05, 0) is 36.2 Å². The zero-order valence-electron chi connectivity index (χ0n) is 9.08. The van der Waals surface area contributed by atoms with Gasteiger partial charge < -0.3 is 5.73 Å². The van der Waals surface area contributed by atoms with Crippen molar-refractivity contribution in [1.82, 2.24) is 10.2 Å². The molecular weight excluding hydrogens is 258 g/mol. The molecule has 0 aliphatic rings. The van der Waals surface area contributed by atoms with Crippen molar-refractivity contribution in [3.8, 4) is 0 Å². The van der Waals surface area contributed by atoms with Crippen molar-refractivity contribution in [2.24, 2.45) is 5.73 Å². The molecule has 2 heterocycles. The van der Waals surface area contributed by atoms with Crippen molar-refractivity contribution >= 4 is 34.4 Å². The SMILES string of the molecule is Cc1nnc(SC(c2ccsc2)C(C)N)s1. The van der Waals surface area contributed by atoms with E-state index in [1.54, 1.807) is 34.4 Å². The maximum atomic E-state index is 6.02. The number of nitrogens with two attached hydrogens (primary N) is 1. The number of thioether (sulfide) groups is 1. The van der Waals surface area contributed by atoms with Gasteiger partial charge >= 0.3 is 0 Å². The number of hydrogen-bond acceptors (Lipinski definition) is 6. The van der Waals surface area contributed by atoms with Gasteiger partial charge in [-0.2, -0.15) is 11.3 Å². The first-order valence-corrected chi connectivity index (χ1v) is 7.55. The van der Waals surface area contributed by atoms with E-state index in [0.29, 0.717) is 0 Å². The lowest BCUT2D eigenvalue weighted by molar-refractivity contribution is 0.722. The summed E-state index contributed by atoms with van der Waals surface area (Å²) in [5.74, 6) is 0. The molecule has 86 valence electrons. The summed E-state index contributed by atoms with van der Waals surface area (Å²) in [6.45, 7) is 4.00. The topological polar surface area (TPSA) is 51.8 Å². The van der Waals surface area contributed by atoms with Crippen LogP contribution < -0.4 is 5.73 Å². The van der Waals surface area contributed by atoms with E-state index in [2.05, 4.69) is 27.0 Å². The number of rotatable bonds is 4. The predicted octanol–water partition coefficient (Wildman–Crippen LogP) is 3.09. The Balaban J connectivity index is 2.15. The lowest BCUT2D eigenvalue weighted by Crippen LogP contribution is -2.22. The van der Waals surface area contributed by atoms with Gasteiger partial charge in [0.2, 0.25) is 0 Å². The second kappa shape index (κ2) is 5.27. The lowest BCUT2D eigenvalue weighted by Gasteiger charge is -2.17. The van der Waals surface area contributed by atoms with E-state index in [1.165, 1.54) is 5.56 Å². The molecule has 16 heavy (non-hydrogen) atoms. The maximum Gasteiger partial charge on any atom is 0.174 e. The number of nitrogens with zero attached hydrogens (tertiary/aromatic N) is 2. The highest BCUT2D eigenvalue weighted by atomic mass is 32.2. The van der Waals surface area contributed by atoms with Gasteiger partial charge in [-0.15, -0.1) is 10.2 Å². The van der Waals surface area contributed by atoms with E-state index in [1.807, 2.05) is 13.8 Å². The summed E-state index contributed by atoms with van der Waals surface area (Å²) in [4.78, 5) is 0. The van der Waals surface area contributed by atoms with Crippen LogP contribution in [0, 0.1) is 6.92 Å². The first-order valence-electron chi connectivity index (χ1n) is 4.91. The van der Waals surface area contributed by atoms with E-state index < -0.39 is 0 Å². The predicted molar refractivity (Wildman–Crippen MR) is 71.2 cm³/mol. The van der Waals surface area contributed by atoms with E-state index in [9.17, 15) is 0 Å². The van der Waals surface area contributed by atoms with Crippen molar-refractivity contribution in [2.45, 2.75) is 29.5 Å². The Morgan fingerprint density at radius 1 is 1.44 bits per heavy atom. The highest BCUT2D eigenvalue weighted by Crippen LogP contribution is 2.38. The molecule has 0 radical (unpaired) electrons. The van der Waals surface area contributed by atoms with Crippen LogP contribution in [0.1, 0.15) is 22.7 Å². The molecule has 0 amide bonds. The molecule has 2 unspecified atom stereocenters. The standard InChI is InChI=1S/C10H13N3S3/c1-6(11)9(8-3-4-14-5-8)16-10-13-12-7(2)15-10/h3-6,9H,11H2,1-2H3. The average molecular weight is 271 g/mol. The fraction of sp³-hybridized carbons (Fsp3) is 0.400. The molecule has 3 nitrogen and oxygen atoms in total. The minimum atomic E-state index is 0.101. The first kappa shape index (κ1) is 12.0. The summed E-state index contributed by atoms with van der Waals surface area (Å²) in [5.41, 5.74) is 7.30. The van der Waals surface area contributed by atoms with Gasteiger partial charge in [0, 0.05) is 6.04 Å². The smallest absolute Gasteiger partial charge is 0.174 e. The average Bonchev–Trinajstić information content (AvgIpc) is 2.84. The minimum Gasteiger partial charge on any atom is -0.327 e. The fourth-order valence-electron chi connectivity index (χ4n) is 1.35. The summed E-state index contributed by atoms with van der Waals surface area (Å²) < 4.78 is 0.992. The molecule has 0 aromatic carbocycles. The molecule has 2 aromatic heterocycles. The van der Waals surface area contributed by atoms with Gasteiger partial charge in [-0.1, -0.05) is 23.1 Å². The molecular formula is C10H13N3S3. The molecule has 2 atom stereocenters. The van der Waals surface area contributed by atoms with Crippen molar-refractivity contribution in [1.29, 1.82) is 0 Å². The molecule has 2 N–H and O–H groups in total. The van der Waals surface area contributed by atoms with Crippen LogP contribution in [0.15, 0.2) is 21.2 Å². The summed E-state index contributed by atoms with van der Waals surface area (Å²) in [7, 11) is 0. The quantitative estimate of drug-likeness (QED) is 0.868. The summed E-state index contributed by atoms with van der Waals surface area (Å²) in [6, 6.07) is 2.23. The summed E-state index contributed by atoms with van der Waals surface area (Å²) in [5, 5.41) is 13.6. The highest BCUT2D eigenvalue weighted by molar-refractivity contribution is 8.01. The maximum absolute atomic E-state index is 6.02. The Morgan fingerprint density at radius 2 is 2.25 bits per heavy atom. The van der Waals surface area contributed by atoms with Crippen LogP contribution in [0.5, 0.6) is 0 Å². The van der Waals surface area contributed by atoms with Gasteiger partial charge in [-0.25, -0.2) is 0 Å². The molecule has 0 saturated carbocycles. The molecule has 0 fully saturated rings. The third kappa shape index (κ3) is 2.82. The summed E-state index contributed by atoms with van der Waals surface area (Å²) in [6.07, 6.45) is 0. The molecule has 0 spiro atoms. The lowest BCUT2D eigenvalue weighted by atomic mass is 10.1. The Bertz CT molecular complexity index is 436. The van der Waals surface area contributed by atoms with Crippen LogP contribution >= 0.6 is 34.4 Å². The van der Waals surface area contributed by atoms with Gasteiger partial charge in [0.25, 0.3) is 0 Å². The Morgan fingerprint density at radius 3 is 2.75 bits per heavy atom. The van der Waals surface area contributed by atoms with Crippen molar-refractivity contribution in [3.63, 3.8) is 0 Å². The normalized spacial score (nSPS) is 14.9. The third-order valence-corrected chi connectivity index (χ3v) is 5.20. The molecule has 0 bridgehead atoms.